The van der Waals surface area contributed by atoms with Crippen molar-refractivity contribution in [1.29, 1.82) is 0 Å². The second kappa shape index (κ2) is 9.30. The second-order valence-corrected chi connectivity index (χ2v) is 6.15. The fraction of sp³-hybridized carbons (Fsp3) is 0.556. The van der Waals surface area contributed by atoms with Crippen LogP contribution in [0.15, 0.2) is 18.2 Å². The van der Waals surface area contributed by atoms with Crippen molar-refractivity contribution in [2.24, 2.45) is 0 Å². The SMILES string of the molecule is CCNC(=O)C[NH+](CC)CC(=O)Nc1c(C)cccc1C(C)C. The lowest BCUT2D eigenvalue weighted by atomic mass is 9.98. The maximum Gasteiger partial charge on any atom is 0.279 e. The van der Waals surface area contributed by atoms with Gasteiger partial charge in [-0.1, -0.05) is 32.0 Å². The summed E-state index contributed by atoms with van der Waals surface area (Å²) in [4.78, 5) is 25.0. The molecule has 0 saturated carbocycles. The van der Waals surface area contributed by atoms with Crippen LogP contribution in [0, 0.1) is 6.92 Å². The van der Waals surface area contributed by atoms with Gasteiger partial charge < -0.3 is 15.5 Å². The largest absolute Gasteiger partial charge is 0.351 e. The van der Waals surface area contributed by atoms with E-state index in [1.165, 1.54) is 0 Å². The highest BCUT2D eigenvalue weighted by atomic mass is 16.2. The maximum absolute atomic E-state index is 12.4. The van der Waals surface area contributed by atoms with Crippen LogP contribution in [0.3, 0.4) is 0 Å². The molecule has 0 aliphatic heterocycles. The first-order valence-corrected chi connectivity index (χ1v) is 8.38. The molecule has 23 heavy (non-hydrogen) atoms. The fourth-order valence-electron chi connectivity index (χ4n) is 2.55. The summed E-state index contributed by atoms with van der Waals surface area (Å²) in [5.41, 5.74) is 3.10. The molecule has 5 nitrogen and oxygen atoms in total. The van der Waals surface area contributed by atoms with E-state index in [2.05, 4.69) is 24.5 Å². The van der Waals surface area contributed by atoms with Crippen molar-refractivity contribution in [3.63, 3.8) is 0 Å². The van der Waals surface area contributed by atoms with E-state index in [4.69, 9.17) is 0 Å². The molecule has 128 valence electrons. The monoisotopic (exact) mass is 320 g/mol. The zero-order valence-corrected chi connectivity index (χ0v) is 15.0. The first kappa shape index (κ1) is 19.2. The van der Waals surface area contributed by atoms with E-state index in [1.807, 2.05) is 39.0 Å². The predicted octanol–water partition coefficient (Wildman–Crippen LogP) is 1.10. The van der Waals surface area contributed by atoms with Gasteiger partial charge in [-0.15, -0.1) is 0 Å². The Morgan fingerprint density at radius 1 is 1.13 bits per heavy atom. The maximum atomic E-state index is 12.4. The predicted molar refractivity (Wildman–Crippen MR) is 93.8 cm³/mol. The molecular weight excluding hydrogens is 290 g/mol. The quantitative estimate of drug-likeness (QED) is 0.672. The third-order valence-corrected chi connectivity index (χ3v) is 3.89. The molecule has 1 aromatic carbocycles. The van der Waals surface area contributed by atoms with E-state index in [0.29, 0.717) is 25.6 Å². The van der Waals surface area contributed by atoms with Gasteiger partial charge in [0.05, 0.1) is 6.54 Å². The molecule has 0 aliphatic rings. The molecule has 1 rings (SSSR count). The Kier molecular flexibility index (Phi) is 7.75. The number of hydrogen-bond donors (Lipinski definition) is 3. The average molecular weight is 320 g/mol. The first-order chi connectivity index (χ1) is 10.9. The van der Waals surface area contributed by atoms with Crippen LogP contribution in [-0.4, -0.2) is 38.0 Å². The average Bonchev–Trinajstić information content (AvgIpc) is 2.48. The first-order valence-electron chi connectivity index (χ1n) is 8.38. The zero-order valence-electron chi connectivity index (χ0n) is 15.0. The van der Waals surface area contributed by atoms with Crippen LogP contribution in [0.2, 0.25) is 0 Å². The summed E-state index contributed by atoms with van der Waals surface area (Å²) in [5, 5.41) is 5.81. The topological polar surface area (TPSA) is 62.6 Å². The number of carbonyl (C=O) groups is 2. The number of aryl methyl sites for hydroxylation is 1. The molecule has 0 heterocycles. The van der Waals surface area contributed by atoms with E-state index < -0.39 is 0 Å². The molecule has 1 unspecified atom stereocenters. The highest BCUT2D eigenvalue weighted by molar-refractivity contribution is 5.93. The minimum Gasteiger partial charge on any atom is -0.351 e. The molecule has 0 fully saturated rings. The lowest BCUT2D eigenvalue weighted by molar-refractivity contribution is -0.881. The lowest BCUT2D eigenvalue weighted by Crippen LogP contribution is -3.14. The van der Waals surface area contributed by atoms with Crippen molar-refractivity contribution in [3.8, 4) is 0 Å². The van der Waals surface area contributed by atoms with Crippen molar-refractivity contribution in [2.45, 2.75) is 40.5 Å². The Morgan fingerprint density at radius 2 is 1.78 bits per heavy atom. The van der Waals surface area contributed by atoms with Gasteiger partial charge in [0.2, 0.25) is 0 Å². The van der Waals surface area contributed by atoms with Gasteiger partial charge >= 0.3 is 0 Å². The zero-order chi connectivity index (χ0) is 17.4. The van der Waals surface area contributed by atoms with Crippen molar-refractivity contribution < 1.29 is 14.5 Å². The minimum atomic E-state index is -0.0534. The smallest absolute Gasteiger partial charge is 0.279 e. The summed E-state index contributed by atoms with van der Waals surface area (Å²) in [5.74, 6) is 0.272. The van der Waals surface area contributed by atoms with Crippen LogP contribution in [0.25, 0.3) is 0 Å². The molecule has 1 aromatic rings. The highest BCUT2D eigenvalue weighted by Crippen LogP contribution is 2.27. The number of nitrogens with one attached hydrogen (secondary N) is 3. The molecule has 2 amide bonds. The standard InChI is InChI=1S/C18H29N3O2/c1-6-19-16(22)11-21(7-2)12-17(23)20-18-14(5)9-8-10-15(18)13(3)4/h8-10,13H,6-7,11-12H2,1-5H3,(H,19,22)(H,20,23)/p+1. The number of amides is 2. The molecule has 5 heteroatoms. The van der Waals surface area contributed by atoms with Crippen LogP contribution in [-0.2, 0) is 9.59 Å². The van der Waals surface area contributed by atoms with Gasteiger partial charge in [0, 0.05) is 12.2 Å². The van der Waals surface area contributed by atoms with E-state index >= 15 is 0 Å². The number of hydrogen-bond acceptors (Lipinski definition) is 2. The summed E-state index contributed by atoms with van der Waals surface area (Å²) < 4.78 is 0. The number of benzene rings is 1. The molecule has 1 atom stereocenters. The Labute approximate surface area is 139 Å². The van der Waals surface area contributed by atoms with Gasteiger partial charge in [-0.2, -0.15) is 0 Å². The number of likely N-dealkylation sites (N-methyl/N-ethyl adjacent to an activating group) is 2. The number of quaternary nitrogens is 1. The van der Waals surface area contributed by atoms with Gasteiger partial charge in [-0.25, -0.2) is 0 Å². The highest BCUT2D eigenvalue weighted by Gasteiger charge is 2.18. The Bertz CT molecular complexity index is 541. The number of rotatable bonds is 8. The molecule has 0 aromatic heterocycles. The van der Waals surface area contributed by atoms with Gasteiger partial charge in [0.25, 0.3) is 11.8 Å². The van der Waals surface area contributed by atoms with E-state index in [9.17, 15) is 9.59 Å². The fourth-order valence-corrected chi connectivity index (χ4v) is 2.55. The van der Waals surface area contributed by atoms with Crippen LogP contribution < -0.4 is 15.5 Å². The van der Waals surface area contributed by atoms with E-state index in [0.717, 1.165) is 28.3 Å². The third-order valence-electron chi connectivity index (χ3n) is 3.89. The number of para-hydroxylation sites is 1. The van der Waals surface area contributed by atoms with Crippen molar-refractivity contribution in [1.82, 2.24) is 5.32 Å². The lowest BCUT2D eigenvalue weighted by Gasteiger charge is -2.19. The Hall–Kier alpha value is -1.88. The Balaban J connectivity index is 2.74. The Morgan fingerprint density at radius 3 is 2.35 bits per heavy atom. The molecular formula is C18H30N3O2+. The normalized spacial score (nSPS) is 12.1. The van der Waals surface area contributed by atoms with Gasteiger partial charge in [0.1, 0.15) is 0 Å². The van der Waals surface area contributed by atoms with Crippen molar-refractivity contribution >= 4 is 17.5 Å². The summed E-state index contributed by atoms with van der Waals surface area (Å²) in [6, 6.07) is 6.06. The van der Waals surface area contributed by atoms with Gasteiger partial charge in [0.15, 0.2) is 13.1 Å². The summed E-state index contributed by atoms with van der Waals surface area (Å²) in [6.45, 7) is 12.1. The van der Waals surface area contributed by atoms with E-state index in [-0.39, 0.29) is 11.8 Å². The molecule has 0 saturated heterocycles. The summed E-state index contributed by atoms with van der Waals surface area (Å²) >= 11 is 0. The third kappa shape index (κ3) is 6.02. The van der Waals surface area contributed by atoms with Crippen LogP contribution in [0.4, 0.5) is 5.69 Å². The summed E-state index contributed by atoms with van der Waals surface area (Å²) in [6.07, 6.45) is 0. The van der Waals surface area contributed by atoms with Crippen molar-refractivity contribution in [3.05, 3.63) is 29.3 Å². The molecule has 0 spiro atoms. The number of carbonyl (C=O) groups excluding carboxylic acids is 2. The molecule has 3 N–H and O–H groups in total. The van der Waals surface area contributed by atoms with Crippen molar-refractivity contribution in [2.75, 3.05) is 31.5 Å². The van der Waals surface area contributed by atoms with Gasteiger partial charge in [-0.05, 0) is 37.8 Å². The number of anilines is 1. The second-order valence-electron chi connectivity index (χ2n) is 6.15. The molecule has 0 radical (unpaired) electrons. The van der Waals surface area contributed by atoms with Gasteiger partial charge in [-0.3, -0.25) is 9.59 Å². The molecule has 0 aliphatic carbocycles. The minimum absolute atomic E-state index is 0.0177. The molecule has 0 bridgehead atoms. The summed E-state index contributed by atoms with van der Waals surface area (Å²) in [7, 11) is 0. The van der Waals surface area contributed by atoms with E-state index in [1.54, 1.807) is 0 Å². The van der Waals surface area contributed by atoms with Crippen LogP contribution in [0.5, 0.6) is 0 Å². The van der Waals surface area contributed by atoms with Crippen LogP contribution in [0.1, 0.15) is 44.7 Å². The van der Waals surface area contributed by atoms with Crippen LogP contribution >= 0.6 is 0 Å².